The Kier molecular flexibility index (Phi) is 10.9. The van der Waals surface area contributed by atoms with E-state index in [0.29, 0.717) is 50.0 Å². The van der Waals surface area contributed by atoms with Gasteiger partial charge in [-0.25, -0.2) is 13.5 Å². The molecule has 3 atom stereocenters. The fourth-order valence-electron chi connectivity index (χ4n) is 8.05. The van der Waals surface area contributed by atoms with Gasteiger partial charge in [0.15, 0.2) is 27.0 Å². The summed E-state index contributed by atoms with van der Waals surface area (Å²) in [5.41, 5.74) is 2.10. The van der Waals surface area contributed by atoms with Crippen molar-refractivity contribution in [3.8, 4) is 23.1 Å². The lowest BCUT2D eigenvalue weighted by molar-refractivity contribution is -0.153. The number of aryl methyl sites for hydroxylation is 1. The van der Waals surface area contributed by atoms with Crippen LogP contribution >= 0.6 is 0 Å². The maximum Gasteiger partial charge on any atom is 0.422 e. The summed E-state index contributed by atoms with van der Waals surface area (Å²) < 4.78 is 97.5. The van der Waals surface area contributed by atoms with E-state index < -0.39 is 44.5 Å². The van der Waals surface area contributed by atoms with Crippen LogP contribution in [0.5, 0.6) is 11.9 Å². The molecule has 3 aromatic heterocycles. The minimum absolute atomic E-state index is 0.000776. The number of alkyl halides is 4. The average Bonchev–Trinajstić information content (AvgIpc) is 3.80. The first kappa shape index (κ1) is 39.8. The van der Waals surface area contributed by atoms with Gasteiger partial charge in [-0.05, 0) is 93.7 Å². The molecule has 55 heavy (non-hydrogen) atoms. The Morgan fingerprint density at radius 2 is 1.85 bits per heavy atom. The van der Waals surface area contributed by atoms with Crippen LogP contribution in [-0.4, -0.2) is 95.4 Å². The van der Waals surface area contributed by atoms with Crippen LogP contribution < -0.4 is 9.47 Å². The second-order valence-corrected chi connectivity index (χ2v) is 21.7. The van der Waals surface area contributed by atoms with Gasteiger partial charge in [-0.1, -0.05) is 20.8 Å². The van der Waals surface area contributed by atoms with Crippen molar-refractivity contribution in [2.75, 3.05) is 39.5 Å². The standard InChI is InChI=1S/C39H51F5N6O4Si/c1-24-17-29-27(20-46-50(29)30-12-7-8-15-51-30)31(26(24)11-9-16-54-55(5,6)37(2,3)4)34-32(41)33-28(19-45-34)35(52-23-39(42,43)44)48-36(47-33)53-22-38-13-10-14-49(38)21-25(40)18-38/h17,19-20,25,30H,7-16,18,21-23H2,1-6H3/t25-,30?,38+/m1/s1. The number of ether oxygens (including phenoxy) is 3. The summed E-state index contributed by atoms with van der Waals surface area (Å²) in [7, 11) is -2.02. The highest BCUT2D eigenvalue weighted by atomic mass is 28.4. The van der Waals surface area contributed by atoms with E-state index in [-0.39, 0.29) is 53.4 Å². The lowest BCUT2D eigenvalue weighted by Gasteiger charge is -2.36. The van der Waals surface area contributed by atoms with Gasteiger partial charge < -0.3 is 18.6 Å². The predicted molar refractivity (Wildman–Crippen MR) is 201 cm³/mol. The SMILES string of the molecule is Cc1cc2c(cnn2C2CCCCO2)c(-c2ncc3c(OCC(F)(F)F)nc(OC[C@@]45CCCN4C[C@H](F)C5)nc3c2F)c1CCCO[Si](C)(C)C(C)(C)C. The lowest BCUT2D eigenvalue weighted by atomic mass is 9.92. The molecule has 0 radical (unpaired) electrons. The van der Waals surface area contributed by atoms with Gasteiger partial charge in [-0.15, -0.1) is 0 Å². The zero-order valence-corrected chi connectivity index (χ0v) is 33.5. The molecule has 3 aliphatic rings. The maximum absolute atomic E-state index is 17.3. The zero-order chi connectivity index (χ0) is 39.3. The molecule has 0 spiro atoms. The second-order valence-electron chi connectivity index (χ2n) is 16.9. The van der Waals surface area contributed by atoms with Crippen LogP contribution in [0.3, 0.4) is 0 Å². The Labute approximate surface area is 319 Å². The molecule has 3 saturated heterocycles. The van der Waals surface area contributed by atoms with Gasteiger partial charge in [0.05, 0.1) is 22.6 Å². The Morgan fingerprint density at radius 3 is 2.58 bits per heavy atom. The van der Waals surface area contributed by atoms with E-state index >= 15 is 4.39 Å². The van der Waals surface area contributed by atoms with Crippen molar-refractivity contribution in [3.63, 3.8) is 0 Å². The molecule has 16 heteroatoms. The summed E-state index contributed by atoms with van der Waals surface area (Å²) in [6.07, 6.45) is 2.70. The van der Waals surface area contributed by atoms with Crippen LogP contribution in [0.4, 0.5) is 22.0 Å². The third-order valence-electron chi connectivity index (χ3n) is 12.0. The smallest absolute Gasteiger partial charge is 0.422 e. The van der Waals surface area contributed by atoms with Gasteiger partial charge in [0.25, 0.3) is 0 Å². The van der Waals surface area contributed by atoms with Crippen molar-refractivity contribution in [2.24, 2.45) is 0 Å². The molecule has 0 N–H and O–H groups in total. The number of nitrogens with zero attached hydrogens (tertiary/aromatic N) is 6. The van der Waals surface area contributed by atoms with Crippen LogP contribution in [0.15, 0.2) is 18.5 Å². The van der Waals surface area contributed by atoms with E-state index in [1.54, 1.807) is 6.20 Å². The topological polar surface area (TPSA) is 96.7 Å². The maximum atomic E-state index is 17.3. The quantitative estimate of drug-likeness (QED) is 0.0792. The molecule has 4 aromatic rings. The average molecular weight is 791 g/mol. The highest BCUT2D eigenvalue weighted by Crippen LogP contribution is 2.43. The third-order valence-corrected chi connectivity index (χ3v) is 16.5. The minimum Gasteiger partial charge on any atom is -0.467 e. The molecule has 6 heterocycles. The van der Waals surface area contributed by atoms with E-state index in [2.05, 4.69) is 48.8 Å². The van der Waals surface area contributed by atoms with E-state index in [1.807, 2.05) is 22.6 Å². The number of aromatic nitrogens is 5. The number of hydrogen-bond donors (Lipinski definition) is 0. The first-order valence-electron chi connectivity index (χ1n) is 19.3. The Hall–Kier alpha value is -3.47. The van der Waals surface area contributed by atoms with E-state index in [9.17, 15) is 17.6 Å². The summed E-state index contributed by atoms with van der Waals surface area (Å²) in [5, 5.41) is 5.29. The van der Waals surface area contributed by atoms with Crippen molar-refractivity contribution in [3.05, 3.63) is 35.4 Å². The number of fused-ring (bicyclic) bond motifs is 3. The van der Waals surface area contributed by atoms with Crippen molar-refractivity contribution >= 4 is 30.1 Å². The van der Waals surface area contributed by atoms with Gasteiger partial charge >= 0.3 is 12.2 Å². The molecular weight excluding hydrogens is 740 g/mol. The van der Waals surface area contributed by atoms with Crippen LogP contribution in [0, 0.1) is 12.7 Å². The molecule has 3 fully saturated rings. The Balaban J connectivity index is 1.32. The number of rotatable bonds is 12. The molecule has 1 aromatic carbocycles. The molecule has 0 bridgehead atoms. The van der Waals surface area contributed by atoms with Crippen molar-refractivity contribution in [1.29, 1.82) is 0 Å². The molecular formula is C39H51F5N6O4Si. The Bertz CT molecular complexity index is 2030. The zero-order valence-electron chi connectivity index (χ0n) is 32.5. The summed E-state index contributed by atoms with van der Waals surface area (Å²) in [6, 6.07) is 1.68. The van der Waals surface area contributed by atoms with E-state index in [4.69, 9.17) is 23.7 Å². The van der Waals surface area contributed by atoms with Crippen LogP contribution in [-0.2, 0) is 15.6 Å². The fraction of sp³-hybridized carbons (Fsp3) is 0.641. The van der Waals surface area contributed by atoms with Crippen molar-refractivity contribution in [2.45, 2.75) is 121 Å². The number of halogens is 5. The fourth-order valence-corrected chi connectivity index (χ4v) is 9.14. The normalized spacial score (nSPS) is 22.5. The van der Waals surface area contributed by atoms with Crippen LogP contribution in [0.25, 0.3) is 33.1 Å². The molecule has 10 nitrogen and oxygen atoms in total. The number of pyridine rings is 1. The molecule has 0 amide bonds. The van der Waals surface area contributed by atoms with Gasteiger partial charge in [0, 0.05) is 43.3 Å². The summed E-state index contributed by atoms with van der Waals surface area (Å²) >= 11 is 0. The van der Waals surface area contributed by atoms with Gasteiger partial charge in [0.2, 0.25) is 5.88 Å². The minimum atomic E-state index is -4.69. The number of benzene rings is 1. The van der Waals surface area contributed by atoms with Crippen molar-refractivity contribution < 1.29 is 40.6 Å². The highest BCUT2D eigenvalue weighted by Gasteiger charge is 2.49. The molecule has 1 unspecified atom stereocenters. The number of hydrogen-bond acceptors (Lipinski definition) is 9. The third kappa shape index (κ3) is 8.06. The Morgan fingerprint density at radius 1 is 1.05 bits per heavy atom. The van der Waals surface area contributed by atoms with Gasteiger partial charge in [-0.3, -0.25) is 9.88 Å². The first-order valence-corrected chi connectivity index (χ1v) is 22.2. The van der Waals surface area contributed by atoms with Crippen LogP contribution in [0.2, 0.25) is 18.1 Å². The molecule has 0 aliphatic carbocycles. The summed E-state index contributed by atoms with van der Waals surface area (Å²) in [4.78, 5) is 15.1. The van der Waals surface area contributed by atoms with Gasteiger partial charge in [-0.2, -0.15) is 28.2 Å². The molecule has 0 saturated carbocycles. The molecule has 300 valence electrons. The first-order chi connectivity index (χ1) is 26.0. The molecule has 7 rings (SSSR count). The molecule has 3 aliphatic heterocycles. The predicted octanol–water partition coefficient (Wildman–Crippen LogP) is 9.04. The highest BCUT2D eigenvalue weighted by molar-refractivity contribution is 6.74. The second kappa shape index (κ2) is 15.1. The van der Waals surface area contributed by atoms with Crippen LogP contribution in [0.1, 0.15) is 83.1 Å². The summed E-state index contributed by atoms with van der Waals surface area (Å²) in [6.45, 7) is 13.4. The lowest BCUT2D eigenvalue weighted by Crippen LogP contribution is -2.43. The van der Waals surface area contributed by atoms with Crippen molar-refractivity contribution in [1.82, 2.24) is 29.6 Å². The van der Waals surface area contributed by atoms with E-state index in [0.717, 1.165) is 42.3 Å². The monoisotopic (exact) mass is 790 g/mol. The van der Waals surface area contributed by atoms with Gasteiger partial charge in [0.1, 0.15) is 24.0 Å². The summed E-state index contributed by atoms with van der Waals surface area (Å²) in [5.74, 6) is -1.37. The largest absolute Gasteiger partial charge is 0.467 e. The van der Waals surface area contributed by atoms with E-state index in [1.165, 1.54) is 6.20 Å².